The van der Waals surface area contributed by atoms with Crippen molar-refractivity contribution in [2.45, 2.75) is 6.04 Å². The highest BCUT2D eigenvalue weighted by atomic mass is 35.5. The second kappa shape index (κ2) is 9.84. The maximum atomic E-state index is 13.0. The summed E-state index contributed by atoms with van der Waals surface area (Å²) < 4.78 is 10.6. The zero-order chi connectivity index (χ0) is 21.7. The number of benzene rings is 2. The molecule has 1 aromatic heterocycles. The van der Waals surface area contributed by atoms with Crippen LogP contribution in [0.5, 0.6) is 11.5 Å². The fourth-order valence-corrected chi connectivity index (χ4v) is 3.88. The number of hydrogen-bond acceptors (Lipinski definition) is 5. The second-order valence-corrected chi connectivity index (χ2v) is 7.88. The second-order valence-electron chi connectivity index (χ2n) is 6.26. The minimum atomic E-state index is -0.656. The summed E-state index contributed by atoms with van der Waals surface area (Å²) in [6.07, 6.45) is 0. The maximum Gasteiger partial charge on any atom is 0.255 e. The lowest BCUT2D eigenvalue weighted by atomic mass is 10.0. The molecule has 0 saturated heterocycles. The van der Waals surface area contributed by atoms with E-state index in [2.05, 4.69) is 5.32 Å². The van der Waals surface area contributed by atoms with Gasteiger partial charge in [0.05, 0.1) is 18.2 Å². The third-order valence-corrected chi connectivity index (χ3v) is 5.44. The average molecular weight is 465 g/mol. The zero-order valence-corrected chi connectivity index (χ0v) is 18.2. The largest absolute Gasteiger partial charge is 0.493 e. The molecule has 0 aliphatic rings. The fraction of sp³-hybridized carbons (Fsp3) is 0.143. The summed E-state index contributed by atoms with van der Waals surface area (Å²) in [5.41, 5.74) is 7.20. The predicted octanol–water partition coefficient (Wildman–Crippen LogP) is 4.45. The third kappa shape index (κ3) is 5.24. The van der Waals surface area contributed by atoms with Crippen molar-refractivity contribution in [2.24, 2.45) is 5.73 Å². The minimum Gasteiger partial charge on any atom is -0.493 e. The Bertz CT molecular complexity index is 1040. The SMILES string of the molecule is COc1cc(C(=O)NC(c2ccc(Cl)cc2)c2ccsc2)cc(Cl)c1OCC(N)=O. The summed E-state index contributed by atoms with van der Waals surface area (Å²) >= 11 is 13.8. The molecule has 0 bridgehead atoms. The predicted molar refractivity (Wildman–Crippen MR) is 118 cm³/mol. The fourth-order valence-electron chi connectivity index (χ4n) is 2.80. The molecule has 0 aliphatic heterocycles. The number of carbonyl (C=O) groups is 2. The van der Waals surface area contributed by atoms with E-state index in [1.807, 2.05) is 29.0 Å². The van der Waals surface area contributed by atoms with Gasteiger partial charge in [-0.1, -0.05) is 35.3 Å². The maximum absolute atomic E-state index is 13.0. The molecule has 2 amide bonds. The van der Waals surface area contributed by atoms with Crippen LogP contribution in [-0.2, 0) is 4.79 Å². The van der Waals surface area contributed by atoms with Gasteiger partial charge < -0.3 is 20.5 Å². The lowest BCUT2D eigenvalue weighted by Gasteiger charge is -2.19. The minimum absolute atomic E-state index is 0.124. The van der Waals surface area contributed by atoms with Gasteiger partial charge in [-0.25, -0.2) is 0 Å². The highest BCUT2D eigenvalue weighted by Gasteiger charge is 2.21. The van der Waals surface area contributed by atoms with Gasteiger partial charge >= 0.3 is 0 Å². The Morgan fingerprint density at radius 3 is 2.47 bits per heavy atom. The topological polar surface area (TPSA) is 90.7 Å². The zero-order valence-electron chi connectivity index (χ0n) is 15.9. The molecular formula is C21H18Cl2N2O4S. The van der Waals surface area contributed by atoms with Crippen LogP contribution in [-0.4, -0.2) is 25.5 Å². The Kier molecular flexibility index (Phi) is 7.20. The van der Waals surface area contributed by atoms with Crippen molar-refractivity contribution >= 4 is 46.4 Å². The molecule has 2 aromatic carbocycles. The Balaban J connectivity index is 1.89. The van der Waals surface area contributed by atoms with Gasteiger partial charge in [0.2, 0.25) is 0 Å². The van der Waals surface area contributed by atoms with Crippen LogP contribution in [0.3, 0.4) is 0 Å². The summed E-state index contributed by atoms with van der Waals surface area (Å²) in [4.78, 5) is 24.0. The van der Waals surface area contributed by atoms with E-state index in [1.54, 1.807) is 12.1 Å². The first-order chi connectivity index (χ1) is 14.4. The molecular weight excluding hydrogens is 447 g/mol. The van der Waals surface area contributed by atoms with E-state index in [9.17, 15) is 9.59 Å². The molecule has 9 heteroatoms. The number of thiophene rings is 1. The van der Waals surface area contributed by atoms with Crippen LogP contribution in [0.1, 0.15) is 27.5 Å². The Hall–Kier alpha value is -2.74. The number of methoxy groups -OCH3 is 1. The number of rotatable bonds is 8. The summed E-state index contributed by atoms with van der Waals surface area (Å²) in [6.45, 7) is -0.363. The highest BCUT2D eigenvalue weighted by molar-refractivity contribution is 7.08. The lowest BCUT2D eigenvalue weighted by Crippen LogP contribution is -2.29. The number of nitrogens with one attached hydrogen (secondary N) is 1. The van der Waals surface area contributed by atoms with E-state index in [-0.39, 0.29) is 40.6 Å². The van der Waals surface area contributed by atoms with Crippen molar-refractivity contribution in [3.8, 4) is 11.5 Å². The van der Waals surface area contributed by atoms with Crippen LogP contribution in [0.4, 0.5) is 0 Å². The van der Waals surface area contributed by atoms with Gasteiger partial charge in [0, 0.05) is 10.6 Å². The van der Waals surface area contributed by atoms with Crippen molar-refractivity contribution < 1.29 is 19.1 Å². The van der Waals surface area contributed by atoms with Crippen LogP contribution < -0.4 is 20.5 Å². The van der Waals surface area contributed by atoms with Gasteiger partial charge in [-0.2, -0.15) is 11.3 Å². The average Bonchev–Trinajstić information content (AvgIpc) is 3.25. The van der Waals surface area contributed by atoms with Crippen LogP contribution >= 0.6 is 34.5 Å². The van der Waals surface area contributed by atoms with Crippen LogP contribution in [0.2, 0.25) is 10.0 Å². The quantitative estimate of drug-likeness (QED) is 0.515. The Morgan fingerprint density at radius 2 is 1.87 bits per heavy atom. The number of nitrogens with two attached hydrogens (primary N) is 1. The van der Waals surface area contributed by atoms with Crippen molar-refractivity contribution in [3.05, 3.63) is 80.0 Å². The lowest BCUT2D eigenvalue weighted by molar-refractivity contribution is -0.119. The van der Waals surface area contributed by atoms with Crippen LogP contribution in [0.15, 0.2) is 53.2 Å². The molecule has 3 N–H and O–H groups in total. The molecule has 156 valence electrons. The molecule has 0 spiro atoms. The summed E-state index contributed by atoms with van der Waals surface area (Å²) in [6, 6.07) is 11.8. The van der Waals surface area contributed by atoms with Crippen molar-refractivity contribution in [1.29, 1.82) is 0 Å². The highest BCUT2D eigenvalue weighted by Crippen LogP contribution is 2.36. The summed E-state index contributed by atoms with van der Waals surface area (Å²) in [7, 11) is 1.41. The summed E-state index contributed by atoms with van der Waals surface area (Å²) in [5.74, 6) is -0.659. The van der Waals surface area contributed by atoms with Crippen molar-refractivity contribution in [3.63, 3.8) is 0 Å². The number of halogens is 2. The molecule has 3 aromatic rings. The van der Waals surface area contributed by atoms with Gasteiger partial charge in [-0.15, -0.1) is 0 Å². The molecule has 0 radical (unpaired) electrons. The monoisotopic (exact) mass is 464 g/mol. The molecule has 0 fully saturated rings. The van der Waals surface area contributed by atoms with E-state index in [1.165, 1.54) is 30.6 Å². The van der Waals surface area contributed by atoms with E-state index in [0.29, 0.717) is 5.02 Å². The number of primary amides is 1. The molecule has 1 unspecified atom stereocenters. The van der Waals surface area contributed by atoms with Crippen LogP contribution in [0.25, 0.3) is 0 Å². The molecule has 0 saturated carbocycles. The number of ether oxygens (including phenoxy) is 2. The van der Waals surface area contributed by atoms with Crippen molar-refractivity contribution in [2.75, 3.05) is 13.7 Å². The van der Waals surface area contributed by atoms with E-state index in [4.69, 9.17) is 38.4 Å². The molecule has 3 rings (SSSR count). The van der Waals surface area contributed by atoms with Gasteiger partial charge in [-0.05, 0) is 52.2 Å². The number of hydrogen-bond donors (Lipinski definition) is 2. The first-order valence-electron chi connectivity index (χ1n) is 8.76. The third-order valence-electron chi connectivity index (χ3n) is 4.21. The number of carbonyl (C=O) groups excluding carboxylic acids is 2. The molecule has 0 aliphatic carbocycles. The Labute approximate surface area is 187 Å². The van der Waals surface area contributed by atoms with Gasteiger partial charge in [0.15, 0.2) is 18.1 Å². The Morgan fingerprint density at radius 1 is 1.13 bits per heavy atom. The van der Waals surface area contributed by atoms with Crippen LogP contribution in [0, 0.1) is 0 Å². The van der Waals surface area contributed by atoms with E-state index in [0.717, 1.165) is 11.1 Å². The number of amides is 2. The first kappa shape index (κ1) is 22.0. The van der Waals surface area contributed by atoms with Gasteiger partial charge in [0.25, 0.3) is 11.8 Å². The molecule has 1 atom stereocenters. The molecule has 6 nitrogen and oxygen atoms in total. The van der Waals surface area contributed by atoms with Gasteiger partial charge in [-0.3, -0.25) is 9.59 Å². The van der Waals surface area contributed by atoms with E-state index >= 15 is 0 Å². The first-order valence-corrected chi connectivity index (χ1v) is 10.5. The van der Waals surface area contributed by atoms with E-state index < -0.39 is 5.91 Å². The normalized spacial score (nSPS) is 11.6. The standard InChI is InChI=1S/C21H18Cl2N2O4S/c1-28-17-9-14(8-16(23)20(17)29-10-18(24)26)21(27)25-19(13-6-7-30-11-13)12-2-4-15(22)5-3-12/h2-9,11,19H,10H2,1H3,(H2,24,26)(H,25,27). The summed E-state index contributed by atoms with van der Waals surface area (Å²) in [5, 5.41) is 7.65. The van der Waals surface area contributed by atoms with Gasteiger partial charge in [0.1, 0.15) is 0 Å². The van der Waals surface area contributed by atoms with Crippen molar-refractivity contribution in [1.82, 2.24) is 5.32 Å². The smallest absolute Gasteiger partial charge is 0.255 e. The molecule has 1 heterocycles. The molecule has 30 heavy (non-hydrogen) atoms.